The zero-order chi connectivity index (χ0) is 7.82. The van der Waals surface area contributed by atoms with Crippen LogP contribution in [0.2, 0.25) is 0 Å². The lowest BCUT2D eigenvalue weighted by atomic mass is 10.4. The number of carboxylic acids is 1. The summed E-state index contributed by atoms with van der Waals surface area (Å²) in [4.78, 5) is 9.25. The van der Waals surface area contributed by atoms with Gasteiger partial charge in [0.25, 0.3) is 0 Å². The van der Waals surface area contributed by atoms with Crippen molar-refractivity contribution >= 4 is 5.97 Å². The maximum Gasteiger partial charge on any atom is 0.327 e. The van der Waals surface area contributed by atoms with E-state index in [0.717, 1.165) is 6.08 Å². The van der Waals surface area contributed by atoms with E-state index < -0.39 is 5.97 Å². The fourth-order valence-corrected chi connectivity index (χ4v) is 0.589. The van der Waals surface area contributed by atoms with E-state index in [1.54, 1.807) is 0 Å². The lowest BCUT2D eigenvalue weighted by Crippen LogP contribution is -1.82. The maximum atomic E-state index is 9.25. The zero-order valence-electron chi connectivity index (χ0n) is 5.92. The van der Waals surface area contributed by atoms with Crippen LogP contribution in [0.5, 0.6) is 0 Å². The lowest BCUT2D eigenvalue weighted by molar-refractivity contribution is -0.131. The van der Waals surface area contributed by atoms with E-state index in [-0.39, 0.29) is 0 Å². The summed E-state index contributed by atoms with van der Waals surface area (Å²) in [5.74, 6) is -0.981. The first-order chi connectivity index (χ1) is 4.77. The Labute approximate surface area is 60.9 Å². The first-order valence-corrected chi connectivity index (χ1v) is 3.27. The van der Waals surface area contributed by atoms with Crippen molar-refractivity contribution in [2.75, 3.05) is 0 Å². The Balaban J connectivity index is 0.000000162. The minimum Gasteiger partial charge on any atom is -0.478 e. The van der Waals surface area contributed by atoms with Crippen LogP contribution in [-0.4, -0.2) is 11.1 Å². The van der Waals surface area contributed by atoms with Crippen molar-refractivity contribution in [2.24, 2.45) is 0 Å². The van der Waals surface area contributed by atoms with Gasteiger partial charge < -0.3 is 5.11 Å². The third-order valence-corrected chi connectivity index (χ3v) is 1.08. The highest BCUT2D eigenvalue weighted by atomic mass is 16.4. The lowest BCUT2D eigenvalue weighted by Gasteiger charge is -1.69. The molecule has 0 heterocycles. The highest BCUT2D eigenvalue weighted by molar-refractivity contribution is 5.78. The topological polar surface area (TPSA) is 37.3 Å². The second kappa shape index (κ2) is 6.08. The monoisotopic (exact) mass is 140 g/mol. The molecule has 10 heavy (non-hydrogen) atoms. The minimum atomic E-state index is -0.981. The largest absolute Gasteiger partial charge is 0.478 e. The molecule has 0 fully saturated rings. The fourth-order valence-electron chi connectivity index (χ4n) is 0.589. The number of allylic oxidation sites excluding steroid dienone is 2. The van der Waals surface area contributed by atoms with Crippen molar-refractivity contribution in [3.05, 3.63) is 24.8 Å². The van der Waals surface area contributed by atoms with Crippen LogP contribution >= 0.6 is 0 Å². The first-order valence-electron chi connectivity index (χ1n) is 3.27. The first kappa shape index (κ1) is 8.95. The molecule has 1 N–H and O–H groups in total. The summed E-state index contributed by atoms with van der Waals surface area (Å²) >= 11 is 0. The quantitative estimate of drug-likeness (QED) is 0.446. The van der Waals surface area contributed by atoms with Gasteiger partial charge in [0.1, 0.15) is 0 Å². The molecule has 0 aromatic rings. The summed E-state index contributed by atoms with van der Waals surface area (Å²) < 4.78 is 0. The number of aliphatic carboxylic acids is 1. The van der Waals surface area contributed by atoms with E-state index in [1.165, 1.54) is 19.3 Å². The van der Waals surface area contributed by atoms with Gasteiger partial charge in [0.05, 0.1) is 0 Å². The van der Waals surface area contributed by atoms with E-state index >= 15 is 0 Å². The molecule has 2 heteroatoms. The summed E-state index contributed by atoms with van der Waals surface area (Å²) in [6.45, 7) is 2.96. The molecule has 0 spiro atoms. The Bertz CT molecular complexity index is 130. The van der Waals surface area contributed by atoms with Gasteiger partial charge in [-0.05, 0) is 19.3 Å². The summed E-state index contributed by atoms with van der Waals surface area (Å²) in [5, 5.41) is 7.60. The van der Waals surface area contributed by atoms with Crippen LogP contribution in [0.3, 0.4) is 0 Å². The molecule has 0 aromatic carbocycles. The second-order valence-electron chi connectivity index (χ2n) is 1.94. The van der Waals surface area contributed by atoms with Gasteiger partial charge in [0.15, 0.2) is 0 Å². The van der Waals surface area contributed by atoms with Crippen LogP contribution in [0.4, 0.5) is 0 Å². The molecule has 1 rings (SSSR count). The molecule has 1 aliphatic carbocycles. The van der Waals surface area contributed by atoms with Crippen LogP contribution in [0.25, 0.3) is 0 Å². The Morgan fingerprint density at radius 2 is 1.90 bits per heavy atom. The molecule has 0 atom stereocenters. The Morgan fingerprint density at radius 3 is 2.00 bits per heavy atom. The van der Waals surface area contributed by atoms with Crippen LogP contribution in [-0.2, 0) is 4.79 Å². The molecule has 0 aliphatic heterocycles. The van der Waals surface area contributed by atoms with Gasteiger partial charge in [-0.15, -0.1) is 0 Å². The smallest absolute Gasteiger partial charge is 0.327 e. The van der Waals surface area contributed by atoms with E-state index in [2.05, 4.69) is 18.7 Å². The summed E-state index contributed by atoms with van der Waals surface area (Å²) in [6.07, 6.45) is 9.33. The number of carboxylic acid groups (broad SMARTS) is 1. The van der Waals surface area contributed by atoms with Crippen molar-refractivity contribution in [3.63, 3.8) is 0 Å². The third-order valence-electron chi connectivity index (χ3n) is 1.08. The Morgan fingerprint density at radius 1 is 1.50 bits per heavy atom. The maximum absolute atomic E-state index is 9.25. The molecule has 0 bridgehead atoms. The molecule has 0 unspecified atom stereocenters. The summed E-state index contributed by atoms with van der Waals surface area (Å²) in [7, 11) is 0. The van der Waals surface area contributed by atoms with Crippen LogP contribution in [0.1, 0.15) is 19.3 Å². The molecule has 2 nitrogen and oxygen atoms in total. The van der Waals surface area contributed by atoms with Crippen molar-refractivity contribution in [2.45, 2.75) is 19.3 Å². The molecule has 0 radical (unpaired) electrons. The molecular weight excluding hydrogens is 128 g/mol. The van der Waals surface area contributed by atoms with Gasteiger partial charge in [-0.2, -0.15) is 0 Å². The molecule has 56 valence electrons. The van der Waals surface area contributed by atoms with E-state index in [1.807, 2.05) is 0 Å². The van der Waals surface area contributed by atoms with Crippen molar-refractivity contribution in [3.8, 4) is 0 Å². The predicted molar refractivity (Wildman–Crippen MR) is 40.8 cm³/mol. The summed E-state index contributed by atoms with van der Waals surface area (Å²) in [5.41, 5.74) is 0. The number of hydrogen-bond acceptors (Lipinski definition) is 1. The van der Waals surface area contributed by atoms with E-state index in [4.69, 9.17) is 5.11 Å². The number of hydrogen-bond donors (Lipinski definition) is 1. The van der Waals surface area contributed by atoms with E-state index in [0.29, 0.717) is 0 Å². The van der Waals surface area contributed by atoms with E-state index in [9.17, 15) is 4.79 Å². The Kier molecular flexibility index (Phi) is 5.44. The molecule has 0 aromatic heterocycles. The highest BCUT2D eigenvalue weighted by Gasteiger charge is 1.84. The molecule has 1 aliphatic rings. The average Bonchev–Trinajstić information content (AvgIpc) is 2.43. The van der Waals surface area contributed by atoms with Gasteiger partial charge in [0, 0.05) is 6.08 Å². The zero-order valence-corrected chi connectivity index (χ0v) is 5.92. The number of rotatable bonds is 1. The third kappa shape index (κ3) is 6.95. The van der Waals surface area contributed by atoms with Gasteiger partial charge in [-0.1, -0.05) is 18.7 Å². The molecule has 0 saturated carbocycles. The highest BCUT2D eigenvalue weighted by Crippen LogP contribution is 2.05. The van der Waals surface area contributed by atoms with Crippen LogP contribution in [0.15, 0.2) is 24.8 Å². The Hall–Kier alpha value is -1.05. The predicted octanol–water partition coefficient (Wildman–Crippen LogP) is 1.98. The van der Waals surface area contributed by atoms with Gasteiger partial charge in [-0.25, -0.2) is 4.79 Å². The molecule has 0 amide bonds. The van der Waals surface area contributed by atoms with Crippen molar-refractivity contribution in [1.82, 2.24) is 0 Å². The standard InChI is InChI=1S/C5H8.C3H4O2/c1-2-4-5-3-1;1-2-3(4)5/h1-2H,3-5H2;2H,1H2,(H,4,5). The van der Waals surface area contributed by atoms with Crippen LogP contribution < -0.4 is 0 Å². The normalized spacial score (nSPS) is 13.6. The summed E-state index contributed by atoms with van der Waals surface area (Å²) in [6, 6.07) is 0. The van der Waals surface area contributed by atoms with Crippen molar-refractivity contribution < 1.29 is 9.90 Å². The van der Waals surface area contributed by atoms with Gasteiger partial charge >= 0.3 is 5.97 Å². The molecule has 0 saturated heterocycles. The molecular formula is C8H12O2. The van der Waals surface area contributed by atoms with Gasteiger partial charge in [-0.3, -0.25) is 0 Å². The van der Waals surface area contributed by atoms with Gasteiger partial charge in [0.2, 0.25) is 0 Å². The fraction of sp³-hybridized carbons (Fsp3) is 0.375. The minimum absolute atomic E-state index is 0.833. The van der Waals surface area contributed by atoms with Crippen molar-refractivity contribution in [1.29, 1.82) is 0 Å². The van der Waals surface area contributed by atoms with Crippen LogP contribution in [0, 0.1) is 0 Å². The second-order valence-corrected chi connectivity index (χ2v) is 1.94. The SMILES string of the molecule is C1=CCCC1.C=CC(=O)O. The average molecular weight is 140 g/mol. The number of carbonyl (C=O) groups is 1.